The van der Waals surface area contributed by atoms with Crippen molar-refractivity contribution in [1.82, 2.24) is 0 Å². The third kappa shape index (κ3) is 2.37. The van der Waals surface area contributed by atoms with Gasteiger partial charge in [-0.25, -0.2) is 0 Å². The molecule has 1 N–H and O–H groups in total. The van der Waals surface area contributed by atoms with Crippen LogP contribution in [0, 0.1) is 0 Å². The van der Waals surface area contributed by atoms with Gasteiger partial charge in [0.25, 0.3) is 0 Å². The Morgan fingerprint density at radius 1 is 0.905 bits per heavy atom. The van der Waals surface area contributed by atoms with Gasteiger partial charge >= 0.3 is 0 Å². The van der Waals surface area contributed by atoms with E-state index >= 15 is 0 Å². The molecule has 110 valence electrons. The normalized spacial score (nSPS) is 12.5. The Hall–Kier alpha value is -2.36. The fourth-order valence-electron chi connectivity index (χ4n) is 2.74. The van der Waals surface area contributed by atoms with Crippen molar-refractivity contribution in [2.45, 2.75) is 6.42 Å². The lowest BCUT2D eigenvalue weighted by atomic mass is 10.00. The minimum absolute atomic E-state index is 0.715. The third-order valence-corrected chi connectivity index (χ3v) is 3.82. The maximum absolute atomic E-state index is 5.52. The standard InChI is InChI=1S/C17H19NO3/c1-19-13-9-15(20-2)17(16(10-13)21-3)12-5-4-11-6-7-18-14(11)8-12/h4-5,8-10,18H,6-7H2,1-3H3. The van der Waals surface area contributed by atoms with Gasteiger partial charge in [0.15, 0.2) is 0 Å². The SMILES string of the molecule is COc1cc(OC)c(-c2ccc3c(c2)NCC3)c(OC)c1. The molecule has 0 radical (unpaired) electrons. The molecule has 0 bridgehead atoms. The Kier molecular flexibility index (Phi) is 3.60. The number of fused-ring (bicyclic) bond motifs is 1. The average molecular weight is 285 g/mol. The summed E-state index contributed by atoms with van der Waals surface area (Å²) in [4.78, 5) is 0. The van der Waals surface area contributed by atoms with Crippen LogP contribution >= 0.6 is 0 Å². The number of rotatable bonds is 4. The lowest BCUT2D eigenvalue weighted by Crippen LogP contribution is -1.96. The molecule has 0 saturated heterocycles. The molecule has 1 aliphatic rings. The molecule has 0 fully saturated rings. The van der Waals surface area contributed by atoms with Crippen LogP contribution in [0.3, 0.4) is 0 Å². The van der Waals surface area contributed by atoms with Crippen LogP contribution in [0.4, 0.5) is 5.69 Å². The Morgan fingerprint density at radius 3 is 2.24 bits per heavy atom. The van der Waals surface area contributed by atoms with Gasteiger partial charge in [-0.1, -0.05) is 12.1 Å². The van der Waals surface area contributed by atoms with Crippen LogP contribution in [-0.2, 0) is 6.42 Å². The van der Waals surface area contributed by atoms with E-state index in [-0.39, 0.29) is 0 Å². The molecule has 2 aromatic carbocycles. The van der Waals surface area contributed by atoms with E-state index in [4.69, 9.17) is 14.2 Å². The second-order valence-electron chi connectivity index (χ2n) is 4.96. The van der Waals surface area contributed by atoms with E-state index in [2.05, 4.69) is 23.5 Å². The number of ether oxygens (including phenoxy) is 3. The van der Waals surface area contributed by atoms with Crippen LogP contribution in [0.1, 0.15) is 5.56 Å². The molecule has 4 nitrogen and oxygen atoms in total. The predicted molar refractivity (Wildman–Crippen MR) is 83.7 cm³/mol. The number of anilines is 1. The Morgan fingerprint density at radius 2 is 1.62 bits per heavy atom. The van der Waals surface area contributed by atoms with Crippen molar-refractivity contribution >= 4 is 5.69 Å². The highest BCUT2D eigenvalue weighted by molar-refractivity contribution is 5.81. The predicted octanol–water partition coefficient (Wildman–Crippen LogP) is 3.35. The van der Waals surface area contributed by atoms with Gasteiger partial charge in [-0.2, -0.15) is 0 Å². The second-order valence-corrected chi connectivity index (χ2v) is 4.96. The molecule has 0 atom stereocenters. The molecule has 2 aromatic rings. The van der Waals surface area contributed by atoms with Crippen molar-refractivity contribution in [3.05, 3.63) is 35.9 Å². The molecule has 0 spiro atoms. The maximum Gasteiger partial charge on any atom is 0.134 e. The third-order valence-electron chi connectivity index (χ3n) is 3.82. The molecule has 1 aliphatic heterocycles. The van der Waals surface area contributed by atoms with E-state index in [9.17, 15) is 0 Å². The van der Waals surface area contributed by atoms with Gasteiger partial charge in [0.1, 0.15) is 17.2 Å². The first-order valence-electron chi connectivity index (χ1n) is 6.94. The van der Waals surface area contributed by atoms with Crippen LogP contribution in [0.25, 0.3) is 11.1 Å². The van der Waals surface area contributed by atoms with E-state index in [1.54, 1.807) is 21.3 Å². The van der Waals surface area contributed by atoms with Crippen LogP contribution < -0.4 is 19.5 Å². The van der Waals surface area contributed by atoms with E-state index in [0.29, 0.717) is 5.75 Å². The first kappa shape index (κ1) is 13.6. The molecule has 21 heavy (non-hydrogen) atoms. The largest absolute Gasteiger partial charge is 0.496 e. The topological polar surface area (TPSA) is 39.7 Å². The maximum atomic E-state index is 5.52. The van der Waals surface area contributed by atoms with E-state index in [0.717, 1.165) is 35.6 Å². The van der Waals surface area contributed by atoms with Crippen molar-refractivity contribution < 1.29 is 14.2 Å². The van der Waals surface area contributed by atoms with Gasteiger partial charge in [-0.15, -0.1) is 0 Å². The fraction of sp³-hybridized carbons (Fsp3) is 0.294. The number of hydrogen-bond acceptors (Lipinski definition) is 4. The molecule has 0 aromatic heterocycles. The van der Waals surface area contributed by atoms with Crippen molar-refractivity contribution in [2.24, 2.45) is 0 Å². The van der Waals surface area contributed by atoms with Gasteiger partial charge in [0.2, 0.25) is 0 Å². The molecular formula is C17H19NO3. The quantitative estimate of drug-likeness (QED) is 0.935. The van der Waals surface area contributed by atoms with Gasteiger partial charge in [0.05, 0.1) is 26.9 Å². The highest BCUT2D eigenvalue weighted by Gasteiger charge is 2.18. The van der Waals surface area contributed by atoms with Crippen molar-refractivity contribution in [3.8, 4) is 28.4 Å². The first-order chi connectivity index (χ1) is 10.3. The lowest BCUT2D eigenvalue weighted by molar-refractivity contribution is 0.377. The average Bonchev–Trinajstić information content (AvgIpc) is 3.00. The van der Waals surface area contributed by atoms with E-state index in [1.807, 2.05) is 12.1 Å². The Labute approximate surface area is 124 Å². The first-order valence-corrected chi connectivity index (χ1v) is 6.94. The van der Waals surface area contributed by atoms with E-state index in [1.165, 1.54) is 11.3 Å². The highest BCUT2D eigenvalue weighted by Crippen LogP contribution is 2.43. The lowest BCUT2D eigenvalue weighted by Gasteiger charge is -2.16. The van der Waals surface area contributed by atoms with Crippen LogP contribution in [0.2, 0.25) is 0 Å². The summed E-state index contributed by atoms with van der Waals surface area (Å²) < 4.78 is 16.3. The summed E-state index contributed by atoms with van der Waals surface area (Å²) >= 11 is 0. The summed E-state index contributed by atoms with van der Waals surface area (Å²) in [7, 11) is 4.94. The molecule has 1 heterocycles. The fourth-order valence-corrected chi connectivity index (χ4v) is 2.74. The molecule has 0 saturated carbocycles. The molecule has 0 amide bonds. The van der Waals surface area contributed by atoms with Crippen molar-refractivity contribution in [1.29, 1.82) is 0 Å². The molecule has 3 rings (SSSR count). The van der Waals surface area contributed by atoms with Gasteiger partial charge < -0.3 is 19.5 Å². The summed E-state index contributed by atoms with van der Waals surface area (Å²) in [6.07, 6.45) is 1.08. The molecule has 4 heteroatoms. The zero-order valence-corrected chi connectivity index (χ0v) is 12.5. The summed E-state index contributed by atoms with van der Waals surface area (Å²) in [6.45, 7) is 0.996. The summed E-state index contributed by atoms with van der Waals surface area (Å²) in [5, 5.41) is 3.40. The zero-order valence-electron chi connectivity index (χ0n) is 12.5. The van der Waals surface area contributed by atoms with Crippen molar-refractivity contribution in [2.75, 3.05) is 33.2 Å². The second kappa shape index (κ2) is 5.56. The minimum atomic E-state index is 0.715. The van der Waals surface area contributed by atoms with Crippen LogP contribution in [0.5, 0.6) is 17.2 Å². The van der Waals surface area contributed by atoms with Gasteiger partial charge in [0, 0.05) is 24.4 Å². The smallest absolute Gasteiger partial charge is 0.134 e. The molecule has 0 aliphatic carbocycles. The molecule has 0 unspecified atom stereocenters. The summed E-state index contributed by atoms with van der Waals surface area (Å²) in [5.41, 5.74) is 4.55. The number of hydrogen-bond donors (Lipinski definition) is 1. The highest BCUT2D eigenvalue weighted by atomic mass is 16.5. The molecular weight excluding hydrogens is 266 g/mol. The monoisotopic (exact) mass is 285 g/mol. The Bertz CT molecular complexity index is 642. The van der Waals surface area contributed by atoms with Gasteiger partial charge in [-0.3, -0.25) is 0 Å². The Balaban J connectivity index is 2.16. The number of benzene rings is 2. The van der Waals surface area contributed by atoms with E-state index < -0.39 is 0 Å². The number of nitrogens with one attached hydrogen (secondary N) is 1. The van der Waals surface area contributed by atoms with Gasteiger partial charge in [-0.05, 0) is 23.6 Å². The summed E-state index contributed by atoms with van der Waals surface area (Å²) in [5.74, 6) is 2.19. The minimum Gasteiger partial charge on any atom is -0.496 e. The number of methoxy groups -OCH3 is 3. The van der Waals surface area contributed by atoms with Crippen molar-refractivity contribution in [3.63, 3.8) is 0 Å². The van der Waals surface area contributed by atoms with Crippen LogP contribution in [0.15, 0.2) is 30.3 Å². The van der Waals surface area contributed by atoms with Crippen LogP contribution in [-0.4, -0.2) is 27.9 Å². The zero-order chi connectivity index (χ0) is 14.8. The summed E-state index contributed by atoms with van der Waals surface area (Å²) in [6, 6.07) is 10.2.